The summed E-state index contributed by atoms with van der Waals surface area (Å²) >= 11 is 0. The number of para-hydroxylation sites is 1. The number of hydrogen-bond donors (Lipinski definition) is 0. The van der Waals surface area contributed by atoms with Crippen molar-refractivity contribution in [3.8, 4) is 5.75 Å². The van der Waals surface area contributed by atoms with Gasteiger partial charge in [0.05, 0.1) is 13.2 Å². The first-order valence-electron chi connectivity index (χ1n) is 6.67. The molecule has 1 aromatic rings. The van der Waals surface area contributed by atoms with Crippen molar-refractivity contribution in [2.24, 2.45) is 0 Å². The Balaban J connectivity index is 2.80. The van der Waals surface area contributed by atoms with Crippen molar-refractivity contribution in [1.29, 1.82) is 0 Å². The molecule has 1 atom stereocenters. The summed E-state index contributed by atoms with van der Waals surface area (Å²) in [5.74, 6) is -0.203. The molecule has 0 fully saturated rings. The maximum Gasteiger partial charge on any atom is 0.279 e. The standard InChI is InChI=1S/C16H24O4/c1-6-14(20-16(2,18-4)19-5)12-11-13-9-7-8-10-15(13)17-3/h7-12,14H,6H2,1-5H3/b12-11+. The van der Waals surface area contributed by atoms with E-state index in [0.717, 1.165) is 17.7 Å². The summed E-state index contributed by atoms with van der Waals surface area (Å²) < 4.78 is 21.5. The summed E-state index contributed by atoms with van der Waals surface area (Å²) in [4.78, 5) is 0. The molecular formula is C16H24O4. The zero-order chi connectivity index (χ0) is 15.0. The van der Waals surface area contributed by atoms with Crippen LogP contribution in [0, 0.1) is 0 Å². The summed E-state index contributed by atoms with van der Waals surface area (Å²) in [5.41, 5.74) is 1.01. The smallest absolute Gasteiger partial charge is 0.279 e. The molecule has 4 nitrogen and oxygen atoms in total. The van der Waals surface area contributed by atoms with E-state index in [1.54, 1.807) is 28.3 Å². The molecule has 0 aromatic heterocycles. The van der Waals surface area contributed by atoms with Crippen LogP contribution in [0.2, 0.25) is 0 Å². The lowest BCUT2D eigenvalue weighted by Crippen LogP contribution is -2.36. The van der Waals surface area contributed by atoms with Gasteiger partial charge in [-0.25, -0.2) is 0 Å². The van der Waals surface area contributed by atoms with Crippen LogP contribution in [0.5, 0.6) is 5.75 Å². The number of hydrogen-bond acceptors (Lipinski definition) is 4. The highest BCUT2D eigenvalue weighted by atomic mass is 16.9. The Kier molecular flexibility index (Phi) is 6.71. The fourth-order valence-corrected chi connectivity index (χ4v) is 1.73. The van der Waals surface area contributed by atoms with E-state index >= 15 is 0 Å². The van der Waals surface area contributed by atoms with Crippen LogP contribution >= 0.6 is 0 Å². The van der Waals surface area contributed by atoms with Crippen LogP contribution < -0.4 is 4.74 Å². The van der Waals surface area contributed by atoms with Gasteiger partial charge in [0.25, 0.3) is 5.97 Å². The summed E-state index contributed by atoms with van der Waals surface area (Å²) in [6.45, 7) is 3.79. The van der Waals surface area contributed by atoms with Gasteiger partial charge in [0.1, 0.15) is 5.75 Å². The zero-order valence-electron chi connectivity index (χ0n) is 12.9. The Morgan fingerprint density at radius 2 is 1.80 bits per heavy atom. The van der Waals surface area contributed by atoms with Gasteiger partial charge in [0, 0.05) is 26.7 Å². The minimum absolute atomic E-state index is 0.107. The van der Waals surface area contributed by atoms with Gasteiger partial charge in [0.2, 0.25) is 0 Å². The van der Waals surface area contributed by atoms with Crippen molar-refractivity contribution < 1.29 is 18.9 Å². The first-order chi connectivity index (χ1) is 9.58. The predicted molar refractivity (Wildman–Crippen MR) is 79.6 cm³/mol. The first kappa shape index (κ1) is 16.7. The van der Waals surface area contributed by atoms with Crippen LogP contribution in [0.4, 0.5) is 0 Å². The third-order valence-electron chi connectivity index (χ3n) is 3.14. The molecule has 0 heterocycles. The number of ether oxygens (including phenoxy) is 4. The van der Waals surface area contributed by atoms with E-state index in [2.05, 4.69) is 0 Å². The molecule has 0 bridgehead atoms. The van der Waals surface area contributed by atoms with E-state index in [-0.39, 0.29) is 6.10 Å². The third kappa shape index (κ3) is 4.63. The average molecular weight is 280 g/mol. The van der Waals surface area contributed by atoms with E-state index in [0.29, 0.717) is 0 Å². The number of benzene rings is 1. The van der Waals surface area contributed by atoms with E-state index in [4.69, 9.17) is 18.9 Å². The van der Waals surface area contributed by atoms with Crippen molar-refractivity contribution >= 4 is 6.08 Å². The lowest BCUT2D eigenvalue weighted by atomic mass is 10.1. The van der Waals surface area contributed by atoms with E-state index in [1.807, 2.05) is 43.3 Å². The Morgan fingerprint density at radius 3 is 2.35 bits per heavy atom. The monoisotopic (exact) mass is 280 g/mol. The highest BCUT2D eigenvalue weighted by Crippen LogP contribution is 2.21. The van der Waals surface area contributed by atoms with Crippen molar-refractivity contribution in [2.75, 3.05) is 21.3 Å². The fourth-order valence-electron chi connectivity index (χ4n) is 1.73. The van der Waals surface area contributed by atoms with Gasteiger partial charge in [-0.1, -0.05) is 37.3 Å². The van der Waals surface area contributed by atoms with E-state index in [9.17, 15) is 0 Å². The van der Waals surface area contributed by atoms with E-state index in [1.165, 1.54) is 0 Å². The van der Waals surface area contributed by atoms with Gasteiger partial charge in [-0.05, 0) is 12.5 Å². The molecule has 1 unspecified atom stereocenters. The summed E-state index contributed by atoms with van der Waals surface area (Å²) in [5, 5.41) is 0. The first-order valence-corrected chi connectivity index (χ1v) is 6.67. The molecule has 1 rings (SSSR count). The third-order valence-corrected chi connectivity index (χ3v) is 3.14. The van der Waals surface area contributed by atoms with Gasteiger partial charge in [0.15, 0.2) is 0 Å². The molecule has 20 heavy (non-hydrogen) atoms. The van der Waals surface area contributed by atoms with Gasteiger partial charge in [-0.2, -0.15) is 0 Å². The second kappa shape index (κ2) is 8.04. The van der Waals surface area contributed by atoms with Gasteiger partial charge < -0.3 is 18.9 Å². The summed E-state index contributed by atoms with van der Waals surface area (Å²) in [6.07, 6.45) is 4.67. The van der Waals surface area contributed by atoms with Crippen LogP contribution in [-0.2, 0) is 14.2 Å². The molecule has 0 saturated heterocycles. The summed E-state index contributed by atoms with van der Waals surface area (Å²) in [6, 6.07) is 7.83. The minimum Gasteiger partial charge on any atom is -0.496 e. The lowest BCUT2D eigenvalue weighted by molar-refractivity contribution is -0.360. The van der Waals surface area contributed by atoms with E-state index < -0.39 is 5.97 Å². The Hall–Kier alpha value is -1.36. The average Bonchev–Trinajstić information content (AvgIpc) is 2.51. The van der Waals surface area contributed by atoms with Gasteiger partial charge >= 0.3 is 0 Å². The maximum absolute atomic E-state index is 5.81. The zero-order valence-corrected chi connectivity index (χ0v) is 12.9. The maximum atomic E-state index is 5.81. The molecule has 1 aromatic carbocycles. The van der Waals surface area contributed by atoms with Crippen molar-refractivity contribution in [3.05, 3.63) is 35.9 Å². The quantitative estimate of drug-likeness (QED) is 0.683. The van der Waals surface area contributed by atoms with Crippen molar-refractivity contribution in [1.82, 2.24) is 0 Å². The van der Waals surface area contributed by atoms with Gasteiger partial charge in [-0.3, -0.25) is 0 Å². The molecular weight excluding hydrogens is 256 g/mol. The number of rotatable bonds is 8. The fraction of sp³-hybridized carbons (Fsp3) is 0.500. The van der Waals surface area contributed by atoms with Crippen LogP contribution in [0.25, 0.3) is 6.08 Å². The molecule has 112 valence electrons. The Morgan fingerprint density at radius 1 is 1.15 bits per heavy atom. The van der Waals surface area contributed by atoms with Gasteiger partial charge in [-0.15, -0.1) is 0 Å². The van der Waals surface area contributed by atoms with Crippen LogP contribution in [0.15, 0.2) is 30.3 Å². The second-order valence-corrected chi connectivity index (χ2v) is 4.44. The van der Waals surface area contributed by atoms with Crippen molar-refractivity contribution in [3.63, 3.8) is 0 Å². The molecule has 0 aliphatic carbocycles. The van der Waals surface area contributed by atoms with Crippen molar-refractivity contribution in [2.45, 2.75) is 32.3 Å². The SMILES string of the molecule is CCC(/C=C/c1ccccc1OC)OC(C)(OC)OC. The number of methoxy groups -OCH3 is 3. The Labute approximate surface area is 121 Å². The highest BCUT2D eigenvalue weighted by molar-refractivity contribution is 5.57. The largest absolute Gasteiger partial charge is 0.496 e. The predicted octanol–water partition coefficient (Wildman–Crippen LogP) is 3.47. The van der Waals surface area contributed by atoms with Crippen LogP contribution in [0.1, 0.15) is 25.8 Å². The Bertz CT molecular complexity index is 424. The molecule has 0 N–H and O–H groups in total. The highest BCUT2D eigenvalue weighted by Gasteiger charge is 2.26. The minimum atomic E-state index is -1.04. The molecule has 0 amide bonds. The normalized spacial score (nSPS) is 13.7. The molecule has 0 aliphatic rings. The topological polar surface area (TPSA) is 36.9 Å². The molecule has 0 saturated carbocycles. The summed E-state index contributed by atoms with van der Waals surface area (Å²) in [7, 11) is 4.77. The molecule has 4 heteroatoms. The van der Waals surface area contributed by atoms with Crippen LogP contribution in [-0.4, -0.2) is 33.4 Å². The lowest BCUT2D eigenvalue weighted by Gasteiger charge is -2.29. The molecule has 0 aliphatic heterocycles. The molecule has 0 radical (unpaired) electrons. The second-order valence-electron chi connectivity index (χ2n) is 4.44. The molecule has 0 spiro atoms. The van der Waals surface area contributed by atoms with Crippen LogP contribution in [0.3, 0.4) is 0 Å².